The van der Waals surface area contributed by atoms with Crippen molar-refractivity contribution >= 4 is 39.8 Å². The first kappa shape index (κ1) is 21.9. The van der Waals surface area contributed by atoms with Crippen LogP contribution in [0.4, 0.5) is 0 Å². The number of halogens is 1. The molecule has 0 atom stereocenters. The van der Waals surface area contributed by atoms with Gasteiger partial charge < -0.3 is 10.6 Å². The molecule has 2 N–H and O–H groups in total. The maximum Gasteiger partial charge on any atom is 0.191 e. The molecule has 1 fully saturated rings. The van der Waals surface area contributed by atoms with Crippen molar-refractivity contribution < 1.29 is 8.42 Å². The largest absolute Gasteiger partial charge is 0.357 e. The topological polar surface area (TPSA) is 70.6 Å². The molecule has 0 spiro atoms. The summed E-state index contributed by atoms with van der Waals surface area (Å²) in [6.45, 7) is 4.01. The van der Waals surface area contributed by atoms with Crippen molar-refractivity contribution in [3.8, 4) is 0 Å². The Morgan fingerprint density at radius 2 is 1.86 bits per heavy atom. The van der Waals surface area contributed by atoms with E-state index in [4.69, 9.17) is 0 Å². The Morgan fingerprint density at radius 3 is 2.45 bits per heavy atom. The molecule has 0 bridgehead atoms. The zero-order chi connectivity index (χ0) is 15.6. The fraction of sp³-hybridized carbons (Fsp3) is 0.933. The zero-order valence-electron chi connectivity index (χ0n) is 13.9. The van der Waals surface area contributed by atoms with Crippen LogP contribution < -0.4 is 10.6 Å². The molecule has 0 unspecified atom stereocenters. The average molecular weight is 445 g/mol. The smallest absolute Gasteiger partial charge is 0.191 e. The third-order valence-electron chi connectivity index (χ3n) is 3.87. The molecule has 5 nitrogen and oxygen atoms in total. The molecule has 22 heavy (non-hydrogen) atoms. The van der Waals surface area contributed by atoms with Crippen molar-refractivity contribution in [1.82, 2.24) is 10.6 Å². The monoisotopic (exact) mass is 445 g/mol. The number of rotatable bonds is 9. The van der Waals surface area contributed by atoms with Gasteiger partial charge in [-0.3, -0.25) is 4.99 Å². The Kier molecular flexibility index (Phi) is 12.4. The van der Waals surface area contributed by atoms with Gasteiger partial charge in [-0.25, -0.2) is 8.42 Å². The van der Waals surface area contributed by atoms with Gasteiger partial charge in [0.2, 0.25) is 0 Å². The van der Waals surface area contributed by atoms with Gasteiger partial charge in [0.25, 0.3) is 0 Å². The maximum absolute atomic E-state index is 11.1. The molecule has 0 aliphatic heterocycles. The highest BCUT2D eigenvalue weighted by Crippen LogP contribution is 2.28. The van der Waals surface area contributed by atoms with Gasteiger partial charge in [0.1, 0.15) is 9.84 Å². The molecule has 1 saturated carbocycles. The van der Waals surface area contributed by atoms with Crippen LogP contribution >= 0.6 is 24.0 Å². The van der Waals surface area contributed by atoms with Gasteiger partial charge in [-0.05, 0) is 19.3 Å². The summed E-state index contributed by atoms with van der Waals surface area (Å²) < 4.78 is 22.2. The average Bonchev–Trinajstić information content (AvgIpc) is 2.90. The van der Waals surface area contributed by atoms with Crippen LogP contribution in [0.1, 0.15) is 51.9 Å². The van der Waals surface area contributed by atoms with E-state index in [2.05, 4.69) is 15.6 Å². The van der Waals surface area contributed by atoms with E-state index in [0.717, 1.165) is 31.4 Å². The van der Waals surface area contributed by atoms with Crippen molar-refractivity contribution in [1.29, 1.82) is 0 Å². The lowest BCUT2D eigenvalue weighted by molar-refractivity contribution is 0.475. The Bertz CT molecular complexity index is 407. The number of aliphatic imine (C=N–C) groups is 1. The van der Waals surface area contributed by atoms with Crippen molar-refractivity contribution in [2.45, 2.75) is 51.9 Å². The Labute approximate surface area is 153 Å². The Morgan fingerprint density at radius 1 is 1.18 bits per heavy atom. The first-order chi connectivity index (χ1) is 10.0. The van der Waals surface area contributed by atoms with Gasteiger partial charge in [-0.2, -0.15) is 0 Å². The Balaban J connectivity index is 0.00000441. The standard InChI is InChI=1S/C15H31N3O2S.HI/c1-3-16-15(18-12-13-21(2,19)20)17-11-7-6-10-14-8-4-5-9-14;/h14H,3-13H2,1-2H3,(H2,16,17,18);1H. The fourth-order valence-electron chi connectivity index (χ4n) is 2.73. The number of sulfone groups is 1. The summed E-state index contributed by atoms with van der Waals surface area (Å²) in [5, 5.41) is 6.21. The second-order valence-corrected chi connectivity index (χ2v) is 8.22. The zero-order valence-corrected chi connectivity index (χ0v) is 17.1. The van der Waals surface area contributed by atoms with Gasteiger partial charge in [0, 0.05) is 25.9 Å². The van der Waals surface area contributed by atoms with E-state index in [1.165, 1.54) is 44.8 Å². The number of nitrogens with one attached hydrogen (secondary N) is 2. The van der Waals surface area contributed by atoms with Crippen LogP contribution in [-0.4, -0.2) is 46.0 Å². The highest BCUT2D eigenvalue weighted by molar-refractivity contribution is 14.0. The summed E-state index contributed by atoms with van der Waals surface area (Å²) in [5.74, 6) is 1.82. The van der Waals surface area contributed by atoms with Gasteiger partial charge >= 0.3 is 0 Å². The minimum absolute atomic E-state index is 0. The second-order valence-electron chi connectivity index (χ2n) is 5.96. The summed E-state index contributed by atoms with van der Waals surface area (Å²) in [6, 6.07) is 0. The van der Waals surface area contributed by atoms with E-state index in [0.29, 0.717) is 6.54 Å². The van der Waals surface area contributed by atoms with Gasteiger partial charge in [-0.1, -0.05) is 38.5 Å². The molecule has 1 aliphatic carbocycles. The third kappa shape index (κ3) is 11.5. The van der Waals surface area contributed by atoms with Gasteiger partial charge in [-0.15, -0.1) is 24.0 Å². The molecular formula is C15H32IN3O2S. The maximum atomic E-state index is 11.1. The van der Waals surface area contributed by atoms with Crippen molar-refractivity contribution in [2.24, 2.45) is 10.9 Å². The summed E-state index contributed by atoms with van der Waals surface area (Å²) >= 11 is 0. The molecule has 0 saturated heterocycles. The lowest BCUT2D eigenvalue weighted by Crippen LogP contribution is -2.39. The molecule has 0 heterocycles. The summed E-state index contributed by atoms with van der Waals surface area (Å²) in [7, 11) is -2.92. The van der Waals surface area contributed by atoms with Crippen molar-refractivity contribution in [2.75, 3.05) is 31.6 Å². The van der Waals surface area contributed by atoms with Crippen LogP contribution in [-0.2, 0) is 9.84 Å². The lowest BCUT2D eigenvalue weighted by atomic mass is 10.0. The highest BCUT2D eigenvalue weighted by atomic mass is 127. The van der Waals surface area contributed by atoms with Crippen LogP contribution in [0.3, 0.4) is 0 Å². The third-order valence-corrected chi connectivity index (χ3v) is 4.82. The molecule has 1 rings (SSSR count). The molecule has 132 valence electrons. The summed E-state index contributed by atoms with van der Waals surface area (Å²) in [6.07, 6.45) is 10.6. The van der Waals surface area contributed by atoms with Crippen LogP contribution in [0, 0.1) is 5.92 Å². The van der Waals surface area contributed by atoms with Gasteiger partial charge in [0.05, 0.1) is 5.75 Å². The molecular weight excluding hydrogens is 413 g/mol. The number of guanidine groups is 1. The van der Waals surface area contributed by atoms with E-state index in [9.17, 15) is 8.42 Å². The minimum atomic E-state index is -2.92. The van der Waals surface area contributed by atoms with E-state index in [-0.39, 0.29) is 29.7 Å². The molecule has 1 aliphatic rings. The summed E-state index contributed by atoms with van der Waals surface area (Å²) in [4.78, 5) is 4.50. The second kappa shape index (κ2) is 12.4. The van der Waals surface area contributed by atoms with E-state index in [1.54, 1.807) is 0 Å². The van der Waals surface area contributed by atoms with Crippen LogP contribution in [0.15, 0.2) is 4.99 Å². The van der Waals surface area contributed by atoms with E-state index < -0.39 is 9.84 Å². The minimum Gasteiger partial charge on any atom is -0.357 e. The lowest BCUT2D eigenvalue weighted by Gasteiger charge is -2.11. The fourth-order valence-corrected chi connectivity index (χ4v) is 3.20. The van der Waals surface area contributed by atoms with Crippen LogP contribution in [0.25, 0.3) is 0 Å². The van der Waals surface area contributed by atoms with Gasteiger partial charge in [0.15, 0.2) is 5.96 Å². The number of hydrogen-bond donors (Lipinski definition) is 2. The van der Waals surface area contributed by atoms with Crippen LogP contribution in [0.2, 0.25) is 0 Å². The number of unbranched alkanes of at least 4 members (excludes halogenated alkanes) is 1. The first-order valence-corrected chi connectivity index (χ1v) is 10.3. The van der Waals surface area contributed by atoms with Crippen molar-refractivity contribution in [3.05, 3.63) is 0 Å². The summed E-state index contributed by atoms with van der Waals surface area (Å²) in [5.41, 5.74) is 0. The molecule has 0 aromatic carbocycles. The highest BCUT2D eigenvalue weighted by Gasteiger charge is 2.13. The molecule has 7 heteroatoms. The number of hydrogen-bond acceptors (Lipinski definition) is 3. The molecule has 0 amide bonds. The normalized spacial score (nSPS) is 16.4. The number of nitrogens with zero attached hydrogens (tertiary/aromatic N) is 1. The van der Waals surface area contributed by atoms with Crippen molar-refractivity contribution in [3.63, 3.8) is 0 Å². The quantitative estimate of drug-likeness (QED) is 0.248. The predicted octanol–water partition coefficient (Wildman–Crippen LogP) is 2.56. The van der Waals surface area contributed by atoms with E-state index >= 15 is 0 Å². The molecule has 0 radical (unpaired) electrons. The SMILES string of the molecule is CCNC(=NCCCCC1CCCC1)NCCS(C)(=O)=O.I. The molecule has 0 aromatic heterocycles. The van der Waals surface area contributed by atoms with Crippen LogP contribution in [0.5, 0.6) is 0 Å². The molecule has 0 aromatic rings. The predicted molar refractivity (Wildman–Crippen MR) is 105 cm³/mol. The van der Waals surface area contributed by atoms with E-state index in [1.807, 2.05) is 6.92 Å². The Hall–Kier alpha value is -0.0500. The first-order valence-electron chi connectivity index (χ1n) is 8.21.